The molecule has 1 aliphatic heterocycles. The third-order valence-corrected chi connectivity index (χ3v) is 4.43. The van der Waals surface area contributed by atoms with Crippen LogP contribution in [-0.4, -0.2) is 18.1 Å². The van der Waals surface area contributed by atoms with Gasteiger partial charge in [0.1, 0.15) is 0 Å². The Morgan fingerprint density at radius 2 is 2.00 bits per heavy atom. The van der Waals surface area contributed by atoms with Crippen molar-refractivity contribution in [3.8, 4) is 0 Å². The van der Waals surface area contributed by atoms with E-state index in [1.54, 1.807) is 0 Å². The van der Waals surface area contributed by atoms with E-state index in [4.69, 9.17) is 5.73 Å². The summed E-state index contributed by atoms with van der Waals surface area (Å²) in [5, 5.41) is 0. The number of nitrogens with zero attached hydrogens (tertiary/aromatic N) is 1. The zero-order valence-electron chi connectivity index (χ0n) is 10.7. The molecule has 1 saturated carbocycles. The second-order valence-electron chi connectivity index (χ2n) is 5.88. The van der Waals surface area contributed by atoms with Crippen molar-refractivity contribution in [3.05, 3.63) is 29.8 Å². The van der Waals surface area contributed by atoms with Gasteiger partial charge in [0.25, 0.3) is 0 Å². The second-order valence-corrected chi connectivity index (χ2v) is 5.88. The molecule has 1 aromatic carbocycles. The van der Waals surface area contributed by atoms with Crippen LogP contribution in [0.2, 0.25) is 0 Å². The van der Waals surface area contributed by atoms with Crippen LogP contribution in [0.3, 0.4) is 0 Å². The topological polar surface area (TPSA) is 29.3 Å². The molecule has 2 heteroatoms. The normalized spacial score (nSPS) is 26.2. The monoisotopic (exact) mass is 230 g/mol. The largest absolute Gasteiger partial charge is 0.366 e. The van der Waals surface area contributed by atoms with Crippen LogP contribution >= 0.6 is 0 Å². The number of benzene rings is 1. The van der Waals surface area contributed by atoms with Crippen LogP contribution in [0, 0.1) is 0 Å². The highest BCUT2D eigenvalue weighted by molar-refractivity contribution is 5.59. The number of hydrogen-bond acceptors (Lipinski definition) is 2. The Morgan fingerprint density at radius 3 is 2.76 bits per heavy atom. The number of hydrogen-bond donors (Lipinski definition) is 1. The number of para-hydroxylation sites is 1. The lowest BCUT2D eigenvalue weighted by molar-refractivity contribution is 0.423. The summed E-state index contributed by atoms with van der Waals surface area (Å²) in [7, 11) is 0. The lowest BCUT2D eigenvalue weighted by Crippen LogP contribution is -2.49. The van der Waals surface area contributed by atoms with Gasteiger partial charge in [-0.2, -0.15) is 0 Å². The number of anilines is 1. The highest BCUT2D eigenvalue weighted by atomic mass is 15.2. The summed E-state index contributed by atoms with van der Waals surface area (Å²) in [6, 6.07) is 9.39. The van der Waals surface area contributed by atoms with Gasteiger partial charge in [-0.05, 0) is 37.8 Å². The number of fused-ring (bicyclic) bond motifs is 1. The molecule has 1 atom stereocenters. The van der Waals surface area contributed by atoms with Crippen LogP contribution in [0.15, 0.2) is 24.3 Å². The van der Waals surface area contributed by atoms with Crippen molar-refractivity contribution in [2.24, 2.45) is 5.73 Å². The molecule has 0 spiro atoms. The Hall–Kier alpha value is -1.02. The van der Waals surface area contributed by atoms with E-state index in [1.165, 1.54) is 43.4 Å². The van der Waals surface area contributed by atoms with Gasteiger partial charge in [-0.3, -0.25) is 0 Å². The average molecular weight is 230 g/mol. The molecule has 2 nitrogen and oxygen atoms in total. The molecule has 2 N–H and O–H groups in total. The maximum Gasteiger partial charge on any atom is 0.0402 e. The van der Waals surface area contributed by atoms with Crippen LogP contribution in [0.4, 0.5) is 5.69 Å². The minimum atomic E-state index is 0.0612. The third kappa shape index (κ3) is 1.95. The predicted molar refractivity (Wildman–Crippen MR) is 72.3 cm³/mol. The van der Waals surface area contributed by atoms with Gasteiger partial charge in [0.15, 0.2) is 0 Å². The minimum Gasteiger partial charge on any atom is -0.366 e. The van der Waals surface area contributed by atoms with Gasteiger partial charge in [-0.15, -0.1) is 0 Å². The highest BCUT2D eigenvalue weighted by Gasteiger charge is 2.35. The van der Waals surface area contributed by atoms with Crippen molar-refractivity contribution in [2.75, 3.05) is 11.4 Å². The summed E-state index contributed by atoms with van der Waals surface area (Å²) in [5.41, 5.74) is 9.48. The van der Waals surface area contributed by atoms with Gasteiger partial charge in [-0.1, -0.05) is 31.0 Å². The molecule has 3 rings (SSSR count). The first-order valence-electron chi connectivity index (χ1n) is 6.81. The molecule has 1 aromatic rings. The fourth-order valence-corrected chi connectivity index (χ4v) is 3.45. The van der Waals surface area contributed by atoms with E-state index in [0.717, 1.165) is 6.54 Å². The quantitative estimate of drug-likeness (QED) is 0.846. The van der Waals surface area contributed by atoms with Crippen LogP contribution in [0.5, 0.6) is 0 Å². The Bertz CT molecular complexity index is 407. The van der Waals surface area contributed by atoms with E-state index in [9.17, 15) is 0 Å². The molecule has 92 valence electrons. The first-order valence-corrected chi connectivity index (χ1v) is 6.81. The predicted octanol–water partition coefficient (Wildman–Crippen LogP) is 2.71. The van der Waals surface area contributed by atoms with E-state index < -0.39 is 0 Å². The Morgan fingerprint density at radius 1 is 1.29 bits per heavy atom. The molecule has 0 bridgehead atoms. The lowest BCUT2D eigenvalue weighted by Gasteiger charge is -2.34. The van der Waals surface area contributed by atoms with Crippen molar-refractivity contribution >= 4 is 5.69 Å². The van der Waals surface area contributed by atoms with E-state index in [1.807, 2.05) is 0 Å². The van der Waals surface area contributed by atoms with Crippen LogP contribution < -0.4 is 10.6 Å². The van der Waals surface area contributed by atoms with Crippen molar-refractivity contribution in [3.63, 3.8) is 0 Å². The summed E-state index contributed by atoms with van der Waals surface area (Å²) in [6.07, 6.45) is 6.17. The van der Waals surface area contributed by atoms with Gasteiger partial charge in [0.2, 0.25) is 0 Å². The summed E-state index contributed by atoms with van der Waals surface area (Å²) in [6.45, 7) is 3.35. The van der Waals surface area contributed by atoms with Gasteiger partial charge in [0.05, 0.1) is 0 Å². The first kappa shape index (κ1) is 11.1. The van der Waals surface area contributed by atoms with E-state index in [0.29, 0.717) is 6.04 Å². The minimum absolute atomic E-state index is 0.0612. The van der Waals surface area contributed by atoms with Crippen molar-refractivity contribution < 1.29 is 0 Å². The second kappa shape index (κ2) is 4.02. The molecule has 1 unspecified atom stereocenters. The Kier molecular flexibility index (Phi) is 2.62. The van der Waals surface area contributed by atoms with Gasteiger partial charge in [0, 0.05) is 23.8 Å². The van der Waals surface area contributed by atoms with Crippen molar-refractivity contribution in [1.82, 2.24) is 0 Å². The molecular formula is C15H22N2. The SMILES string of the molecule is CC1Cc2ccccc2N1CC1(N)CCCC1. The van der Waals surface area contributed by atoms with Crippen LogP contribution in [-0.2, 0) is 6.42 Å². The molecular weight excluding hydrogens is 208 g/mol. The smallest absolute Gasteiger partial charge is 0.0402 e. The maximum absolute atomic E-state index is 6.52. The zero-order valence-corrected chi connectivity index (χ0v) is 10.7. The highest BCUT2D eigenvalue weighted by Crippen LogP contribution is 2.36. The lowest BCUT2D eigenvalue weighted by atomic mass is 9.98. The summed E-state index contributed by atoms with van der Waals surface area (Å²) < 4.78 is 0. The van der Waals surface area contributed by atoms with E-state index in [-0.39, 0.29) is 5.54 Å². The average Bonchev–Trinajstić information content (AvgIpc) is 2.86. The number of nitrogens with two attached hydrogens (primary N) is 1. The van der Waals surface area contributed by atoms with Gasteiger partial charge in [-0.25, -0.2) is 0 Å². The maximum atomic E-state index is 6.52. The van der Waals surface area contributed by atoms with Crippen molar-refractivity contribution in [1.29, 1.82) is 0 Å². The molecule has 0 amide bonds. The summed E-state index contributed by atoms with van der Waals surface area (Å²) >= 11 is 0. The fraction of sp³-hybridized carbons (Fsp3) is 0.600. The van der Waals surface area contributed by atoms with Crippen molar-refractivity contribution in [2.45, 2.75) is 50.6 Å². The molecule has 0 saturated heterocycles. The zero-order chi connectivity index (χ0) is 11.9. The van der Waals surface area contributed by atoms with Gasteiger partial charge < -0.3 is 10.6 Å². The first-order chi connectivity index (χ1) is 8.18. The molecule has 1 aliphatic carbocycles. The molecule has 2 aliphatic rings. The molecule has 1 heterocycles. The molecule has 0 aromatic heterocycles. The third-order valence-electron chi connectivity index (χ3n) is 4.43. The Labute approximate surface area is 104 Å². The van der Waals surface area contributed by atoms with E-state index >= 15 is 0 Å². The van der Waals surface area contributed by atoms with Gasteiger partial charge >= 0.3 is 0 Å². The molecule has 1 fully saturated rings. The molecule has 17 heavy (non-hydrogen) atoms. The molecule has 0 radical (unpaired) electrons. The van der Waals surface area contributed by atoms with Crippen LogP contribution in [0.25, 0.3) is 0 Å². The number of rotatable bonds is 2. The summed E-state index contributed by atoms with van der Waals surface area (Å²) in [5.74, 6) is 0. The Balaban J connectivity index is 1.83. The standard InChI is InChI=1S/C15H22N2/c1-12-10-13-6-2-3-7-14(13)17(12)11-15(16)8-4-5-9-15/h2-3,6-7,12H,4-5,8-11,16H2,1H3. The van der Waals surface area contributed by atoms with E-state index in [2.05, 4.69) is 36.1 Å². The fourth-order valence-electron chi connectivity index (χ4n) is 3.45. The summed E-state index contributed by atoms with van der Waals surface area (Å²) in [4.78, 5) is 2.53. The van der Waals surface area contributed by atoms with Crippen LogP contribution in [0.1, 0.15) is 38.2 Å².